The Morgan fingerprint density at radius 2 is 2.17 bits per heavy atom. The number of hydrogen-bond donors (Lipinski definition) is 1. The SMILES string of the molecule is CC(C)(O)Cc1cccc(F)n1. The van der Waals surface area contributed by atoms with Crippen molar-refractivity contribution in [2.75, 3.05) is 0 Å². The molecule has 0 saturated carbocycles. The Labute approximate surface area is 71.1 Å². The third kappa shape index (κ3) is 2.96. The molecule has 1 aromatic heterocycles. The van der Waals surface area contributed by atoms with Crippen LogP contribution in [0, 0.1) is 5.95 Å². The summed E-state index contributed by atoms with van der Waals surface area (Å²) in [6.07, 6.45) is 0.366. The first-order valence-electron chi connectivity index (χ1n) is 3.81. The van der Waals surface area contributed by atoms with E-state index in [1.165, 1.54) is 6.07 Å². The standard InChI is InChI=1S/C9H12FNO/c1-9(2,12)6-7-4-3-5-8(10)11-7/h3-5,12H,6H2,1-2H3. The number of rotatable bonds is 2. The van der Waals surface area contributed by atoms with Gasteiger partial charge in [-0.3, -0.25) is 0 Å². The van der Waals surface area contributed by atoms with Crippen LogP contribution in [0.1, 0.15) is 19.5 Å². The highest BCUT2D eigenvalue weighted by Gasteiger charge is 2.14. The van der Waals surface area contributed by atoms with Crippen molar-refractivity contribution in [3.8, 4) is 0 Å². The molecular formula is C9H12FNO. The maximum absolute atomic E-state index is 12.5. The zero-order valence-corrected chi connectivity index (χ0v) is 7.21. The summed E-state index contributed by atoms with van der Waals surface area (Å²) in [4.78, 5) is 3.63. The van der Waals surface area contributed by atoms with Gasteiger partial charge in [-0.1, -0.05) is 6.07 Å². The van der Waals surface area contributed by atoms with Gasteiger partial charge in [0.2, 0.25) is 5.95 Å². The van der Waals surface area contributed by atoms with Crippen molar-refractivity contribution in [1.82, 2.24) is 4.98 Å². The Morgan fingerprint density at radius 3 is 2.67 bits per heavy atom. The van der Waals surface area contributed by atoms with E-state index in [1.807, 2.05) is 0 Å². The zero-order chi connectivity index (χ0) is 9.19. The normalized spacial score (nSPS) is 11.7. The summed E-state index contributed by atoms with van der Waals surface area (Å²) in [5.41, 5.74) is -0.261. The van der Waals surface area contributed by atoms with Gasteiger partial charge >= 0.3 is 0 Å². The van der Waals surface area contributed by atoms with Gasteiger partial charge in [0.25, 0.3) is 0 Å². The van der Waals surface area contributed by atoms with Crippen LogP contribution in [0.4, 0.5) is 4.39 Å². The van der Waals surface area contributed by atoms with E-state index in [4.69, 9.17) is 0 Å². The van der Waals surface area contributed by atoms with Crippen molar-refractivity contribution in [1.29, 1.82) is 0 Å². The summed E-state index contributed by atoms with van der Waals surface area (Å²) < 4.78 is 12.5. The lowest BCUT2D eigenvalue weighted by molar-refractivity contribution is 0.0798. The second-order valence-corrected chi connectivity index (χ2v) is 3.44. The highest BCUT2D eigenvalue weighted by Crippen LogP contribution is 2.09. The fourth-order valence-corrected chi connectivity index (χ4v) is 0.992. The van der Waals surface area contributed by atoms with E-state index in [1.54, 1.807) is 26.0 Å². The van der Waals surface area contributed by atoms with Crippen molar-refractivity contribution < 1.29 is 9.50 Å². The first-order chi connectivity index (χ1) is 5.47. The van der Waals surface area contributed by atoms with Gasteiger partial charge in [-0.2, -0.15) is 4.39 Å². The van der Waals surface area contributed by atoms with Gasteiger partial charge in [0, 0.05) is 12.1 Å². The van der Waals surface area contributed by atoms with Crippen LogP contribution in [0.25, 0.3) is 0 Å². The molecule has 0 saturated heterocycles. The van der Waals surface area contributed by atoms with Crippen molar-refractivity contribution in [2.45, 2.75) is 25.9 Å². The highest BCUT2D eigenvalue weighted by atomic mass is 19.1. The summed E-state index contributed by atoms with van der Waals surface area (Å²) >= 11 is 0. The quantitative estimate of drug-likeness (QED) is 0.681. The van der Waals surface area contributed by atoms with Crippen LogP contribution in [-0.2, 0) is 6.42 Å². The third-order valence-electron chi connectivity index (χ3n) is 1.39. The van der Waals surface area contributed by atoms with Gasteiger partial charge in [0.15, 0.2) is 0 Å². The lowest BCUT2D eigenvalue weighted by Crippen LogP contribution is -2.22. The molecule has 0 fully saturated rings. The molecule has 0 aliphatic rings. The molecule has 0 radical (unpaired) electrons. The van der Waals surface area contributed by atoms with Crippen LogP contribution in [0.2, 0.25) is 0 Å². The molecule has 1 heterocycles. The highest BCUT2D eigenvalue weighted by molar-refractivity contribution is 5.06. The fourth-order valence-electron chi connectivity index (χ4n) is 0.992. The molecule has 0 amide bonds. The number of aliphatic hydroxyl groups is 1. The minimum atomic E-state index is -0.833. The maximum Gasteiger partial charge on any atom is 0.213 e. The summed E-state index contributed by atoms with van der Waals surface area (Å²) in [6.45, 7) is 3.33. The van der Waals surface area contributed by atoms with Crippen LogP contribution in [-0.4, -0.2) is 15.7 Å². The number of halogens is 1. The van der Waals surface area contributed by atoms with Gasteiger partial charge in [0.05, 0.1) is 5.60 Å². The second kappa shape index (κ2) is 3.19. The zero-order valence-electron chi connectivity index (χ0n) is 7.21. The fraction of sp³-hybridized carbons (Fsp3) is 0.444. The molecule has 2 nitrogen and oxygen atoms in total. The lowest BCUT2D eigenvalue weighted by atomic mass is 10.0. The molecule has 0 unspecified atom stereocenters. The first-order valence-corrected chi connectivity index (χ1v) is 3.81. The largest absolute Gasteiger partial charge is 0.390 e. The molecule has 3 heteroatoms. The minimum absolute atomic E-state index is 0.366. The molecule has 66 valence electrons. The number of hydrogen-bond acceptors (Lipinski definition) is 2. The number of aromatic nitrogens is 1. The lowest BCUT2D eigenvalue weighted by Gasteiger charge is -2.15. The number of nitrogens with zero attached hydrogens (tertiary/aromatic N) is 1. The molecule has 12 heavy (non-hydrogen) atoms. The molecule has 0 spiro atoms. The van der Waals surface area contributed by atoms with Crippen molar-refractivity contribution in [2.24, 2.45) is 0 Å². The van der Waals surface area contributed by atoms with Crippen molar-refractivity contribution in [3.05, 3.63) is 29.8 Å². The minimum Gasteiger partial charge on any atom is -0.390 e. The molecule has 0 atom stereocenters. The molecule has 0 aliphatic carbocycles. The van der Waals surface area contributed by atoms with E-state index in [9.17, 15) is 9.50 Å². The van der Waals surface area contributed by atoms with Gasteiger partial charge in [-0.05, 0) is 26.0 Å². The molecule has 1 aromatic rings. The van der Waals surface area contributed by atoms with E-state index in [-0.39, 0.29) is 0 Å². The van der Waals surface area contributed by atoms with Gasteiger partial charge < -0.3 is 5.11 Å². The Kier molecular flexibility index (Phi) is 2.43. The van der Waals surface area contributed by atoms with E-state index >= 15 is 0 Å². The van der Waals surface area contributed by atoms with E-state index in [0.717, 1.165) is 0 Å². The Bertz CT molecular complexity index is 267. The Hall–Kier alpha value is -0.960. The number of pyridine rings is 1. The van der Waals surface area contributed by atoms with Gasteiger partial charge in [-0.15, -0.1) is 0 Å². The average Bonchev–Trinajstić information content (AvgIpc) is 1.82. The first kappa shape index (κ1) is 9.13. The smallest absolute Gasteiger partial charge is 0.213 e. The summed E-state index contributed by atoms with van der Waals surface area (Å²) in [5.74, 6) is -0.503. The van der Waals surface area contributed by atoms with Crippen LogP contribution in [0.3, 0.4) is 0 Å². The molecule has 1 N–H and O–H groups in total. The molecular weight excluding hydrogens is 157 g/mol. The predicted octanol–water partition coefficient (Wildman–Crippen LogP) is 1.53. The molecule has 0 aromatic carbocycles. The Balaban J connectivity index is 2.77. The summed E-state index contributed by atoms with van der Waals surface area (Å²) in [7, 11) is 0. The van der Waals surface area contributed by atoms with E-state index in [2.05, 4.69) is 4.98 Å². The monoisotopic (exact) mass is 169 g/mol. The third-order valence-corrected chi connectivity index (χ3v) is 1.39. The van der Waals surface area contributed by atoms with Crippen LogP contribution in [0.5, 0.6) is 0 Å². The van der Waals surface area contributed by atoms with Crippen LogP contribution >= 0.6 is 0 Å². The van der Waals surface area contributed by atoms with E-state index in [0.29, 0.717) is 12.1 Å². The van der Waals surface area contributed by atoms with Crippen molar-refractivity contribution >= 4 is 0 Å². The topological polar surface area (TPSA) is 33.1 Å². The van der Waals surface area contributed by atoms with E-state index < -0.39 is 11.5 Å². The second-order valence-electron chi connectivity index (χ2n) is 3.44. The summed E-state index contributed by atoms with van der Waals surface area (Å²) in [6, 6.07) is 4.57. The molecule has 0 aliphatic heterocycles. The predicted molar refractivity (Wildman–Crippen MR) is 44.2 cm³/mol. The van der Waals surface area contributed by atoms with Crippen LogP contribution < -0.4 is 0 Å². The van der Waals surface area contributed by atoms with Crippen LogP contribution in [0.15, 0.2) is 18.2 Å². The van der Waals surface area contributed by atoms with Gasteiger partial charge in [0.1, 0.15) is 0 Å². The summed E-state index contributed by atoms with van der Waals surface area (Å²) in [5, 5.41) is 9.40. The molecule has 1 rings (SSSR count). The molecule has 0 bridgehead atoms. The average molecular weight is 169 g/mol. The maximum atomic E-state index is 12.5. The van der Waals surface area contributed by atoms with Gasteiger partial charge in [-0.25, -0.2) is 4.98 Å². The Morgan fingerprint density at radius 1 is 1.50 bits per heavy atom. The van der Waals surface area contributed by atoms with Crippen molar-refractivity contribution in [3.63, 3.8) is 0 Å².